The first kappa shape index (κ1) is 23.7. The fourth-order valence-corrected chi connectivity index (χ4v) is 3.48. The lowest BCUT2D eigenvalue weighted by molar-refractivity contribution is -0.175. The number of esters is 4. The van der Waals surface area contributed by atoms with Crippen LogP contribution in [0, 0.1) is 23.7 Å². The third kappa shape index (κ3) is 5.81. The van der Waals surface area contributed by atoms with E-state index in [0.717, 1.165) is 0 Å². The minimum absolute atomic E-state index is 0.191. The number of carbonyl (C=O) groups is 4. The van der Waals surface area contributed by atoms with E-state index in [1.807, 2.05) is 13.0 Å². The molecule has 158 valence electrons. The zero-order chi connectivity index (χ0) is 21.4. The predicted octanol–water partition coefficient (Wildman–Crippen LogP) is 2.05. The van der Waals surface area contributed by atoms with E-state index >= 15 is 0 Å². The summed E-state index contributed by atoms with van der Waals surface area (Å²) in [5, 5.41) is 0. The molecule has 8 nitrogen and oxygen atoms in total. The lowest BCUT2D eigenvalue weighted by Gasteiger charge is -2.38. The highest BCUT2D eigenvalue weighted by Gasteiger charge is 2.48. The first-order chi connectivity index (χ1) is 13.2. The molecule has 0 bridgehead atoms. The first-order valence-corrected chi connectivity index (χ1v) is 9.48. The van der Waals surface area contributed by atoms with Crippen LogP contribution in [0.4, 0.5) is 0 Å². The van der Waals surface area contributed by atoms with Gasteiger partial charge in [-0.15, -0.1) is 0 Å². The maximum Gasteiger partial charge on any atom is 0.347 e. The third-order valence-corrected chi connectivity index (χ3v) is 4.81. The Hall–Kier alpha value is -2.38. The van der Waals surface area contributed by atoms with E-state index in [1.165, 1.54) is 21.0 Å². The molecule has 0 saturated carbocycles. The zero-order valence-corrected chi connectivity index (χ0v) is 17.3. The van der Waals surface area contributed by atoms with E-state index in [2.05, 4.69) is 0 Å². The summed E-state index contributed by atoms with van der Waals surface area (Å²) in [4.78, 5) is 48.4. The summed E-state index contributed by atoms with van der Waals surface area (Å²) in [7, 11) is 1.25. The summed E-state index contributed by atoms with van der Waals surface area (Å²) in [6, 6.07) is 0. The summed E-state index contributed by atoms with van der Waals surface area (Å²) < 4.78 is 20.5. The molecular formula is C20H30O8. The number of hydrogen-bond donors (Lipinski definition) is 0. The second-order valence-corrected chi connectivity index (χ2v) is 6.78. The second-order valence-electron chi connectivity index (χ2n) is 6.78. The van der Waals surface area contributed by atoms with Gasteiger partial charge in [-0.1, -0.05) is 26.0 Å². The van der Waals surface area contributed by atoms with E-state index in [0.29, 0.717) is 6.42 Å². The van der Waals surface area contributed by atoms with E-state index in [-0.39, 0.29) is 12.5 Å². The van der Waals surface area contributed by atoms with Crippen molar-refractivity contribution in [3.05, 3.63) is 12.2 Å². The highest BCUT2D eigenvalue weighted by atomic mass is 16.6. The Morgan fingerprint density at radius 2 is 1.64 bits per heavy atom. The van der Waals surface area contributed by atoms with Crippen LogP contribution in [0.1, 0.15) is 41.0 Å². The van der Waals surface area contributed by atoms with Gasteiger partial charge in [-0.25, -0.2) is 4.79 Å². The van der Waals surface area contributed by atoms with Crippen LogP contribution in [0.3, 0.4) is 0 Å². The minimum atomic E-state index is -1.07. The van der Waals surface area contributed by atoms with Gasteiger partial charge >= 0.3 is 23.9 Å². The van der Waals surface area contributed by atoms with Crippen LogP contribution in [0.15, 0.2) is 12.2 Å². The molecule has 0 radical (unpaired) electrons. The number of ether oxygens (including phenoxy) is 4. The molecule has 1 rings (SSSR count). The topological polar surface area (TPSA) is 105 Å². The highest BCUT2D eigenvalue weighted by molar-refractivity contribution is 5.83. The molecule has 1 aliphatic carbocycles. The molecule has 0 saturated heterocycles. The van der Waals surface area contributed by atoms with E-state index in [1.54, 1.807) is 19.9 Å². The van der Waals surface area contributed by atoms with Crippen molar-refractivity contribution in [2.45, 2.75) is 53.2 Å². The third-order valence-electron chi connectivity index (χ3n) is 4.81. The van der Waals surface area contributed by atoms with E-state index < -0.39 is 53.8 Å². The number of hydrogen-bond acceptors (Lipinski definition) is 8. The van der Waals surface area contributed by atoms with Gasteiger partial charge in [0.25, 0.3) is 0 Å². The van der Waals surface area contributed by atoms with Gasteiger partial charge < -0.3 is 18.9 Å². The standard InChI is InChI=1S/C20H30O8/c1-7-15(28-18(22)12(4)27-13(5)21)14-10-9-11(3)16(20(24)26-8-2)17(14)19(23)25-6/h9-12,14-17H,7-8H2,1-6H3/t11-,12-,14-,15-,16-,17-/m0/s1. The van der Waals surface area contributed by atoms with Gasteiger partial charge in [0.1, 0.15) is 6.10 Å². The number of rotatable bonds is 8. The second kappa shape index (κ2) is 10.8. The van der Waals surface area contributed by atoms with Crippen LogP contribution in [0.5, 0.6) is 0 Å². The monoisotopic (exact) mass is 398 g/mol. The average Bonchev–Trinajstić information content (AvgIpc) is 2.64. The highest BCUT2D eigenvalue weighted by Crippen LogP contribution is 2.39. The molecular weight excluding hydrogens is 368 g/mol. The Morgan fingerprint density at radius 3 is 2.14 bits per heavy atom. The fraction of sp³-hybridized carbons (Fsp3) is 0.700. The van der Waals surface area contributed by atoms with Gasteiger partial charge in [0.05, 0.1) is 25.6 Å². The minimum Gasteiger partial charge on any atom is -0.469 e. The molecule has 0 aromatic carbocycles. The summed E-state index contributed by atoms with van der Waals surface area (Å²) in [6.07, 6.45) is 2.22. The Balaban J connectivity index is 3.15. The molecule has 0 heterocycles. The molecule has 0 aromatic heterocycles. The summed E-state index contributed by atoms with van der Waals surface area (Å²) >= 11 is 0. The quantitative estimate of drug-likeness (QED) is 0.347. The molecule has 0 N–H and O–H groups in total. The zero-order valence-electron chi connectivity index (χ0n) is 17.3. The van der Waals surface area contributed by atoms with Crippen molar-refractivity contribution in [1.29, 1.82) is 0 Å². The van der Waals surface area contributed by atoms with Gasteiger partial charge in [-0.3, -0.25) is 14.4 Å². The smallest absolute Gasteiger partial charge is 0.347 e. The number of methoxy groups -OCH3 is 1. The number of carbonyl (C=O) groups excluding carboxylic acids is 4. The van der Waals surface area contributed by atoms with Gasteiger partial charge in [-0.2, -0.15) is 0 Å². The Bertz CT molecular complexity index is 611. The molecule has 0 unspecified atom stereocenters. The van der Waals surface area contributed by atoms with Crippen molar-refractivity contribution < 1.29 is 38.1 Å². The molecule has 28 heavy (non-hydrogen) atoms. The maximum atomic E-state index is 12.6. The fourth-order valence-electron chi connectivity index (χ4n) is 3.48. The van der Waals surface area contributed by atoms with Crippen LogP contribution in [-0.4, -0.2) is 49.8 Å². The largest absolute Gasteiger partial charge is 0.469 e. The summed E-state index contributed by atoms with van der Waals surface area (Å²) in [6.45, 7) is 8.11. The Kier molecular flexibility index (Phi) is 9.15. The van der Waals surface area contributed by atoms with E-state index in [9.17, 15) is 19.2 Å². The Labute approximate surface area is 165 Å². The van der Waals surface area contributed by atoms with Gasteiger partial charge in [0, 0.05) is 12.8 Å². The van der Waals surface area contributed by atoms with Gasteiger partial charge in [-0.05, 0) is 26.2 Å². The van der Waals surface area contributed by atoms with Crippen LogP contribution in [0.25, 0.3) is 0 Å². The van der Waals surface area contributed by atoms with Crippen LogP contribution >= 0.6 is 0 Å². The molecule has 0 amide bonds. The summed E-state index contributed by atoms with van der Waals surface area (Å²) in [5.41, 5.74) is 0. The summed E-state index contributed by atoms with van der Waals surface area (Å²) in [5.74, 6) is -4.80. The molecule has 0 aromatic rings. The first-order valence-electron chi connectivity index (χ1n) is 9.48. The van der Waals surface area contributed by atoms with Gasteiger partial charge in [0.2, 0.25) is 0 Å². The maximum absolute atomic E-state index is 12.6. The van der Waals surface area contributed by atoms with Crippen molar-refractivity contribution in [3.63, 3.8) is 0 Å². The SMILES string of the molecule is CCOC(=O)[C@@H]1[C@@H](C(=O)OC)[C@H]([C@H](CC)OC(=O)[C@H](C)OC(C)=O)C=C[C@@H]1C. The molecule has 0 spiro atoms. The lowest BCUT2D eigenvalue weighted by Crippen LogP contribution is -2.47. The molecule has 8 heteroatoms. The molecule has 0 fully saturated rings. The predicted molar refractivity (Wildman–Crippen MR) is 98.8 cm³/mol. The van der Waals surface area contributed by atoms with Crippen LogP contribution in [0.2, 0.25) is 0 Å². The average molecular weight is 398 g/mol. The molecule has 1 aliphatic rings. The van der Waals surface area contributed by atoms with Crippen molar-refractivity contribution in [2.24, 2.45) is 23.7 Å². The van der Waals surface area contributed by atoms with Crippen molar-refractivity contribution in [1.82, 2.24) is 0 Å². The normalized spacial score (nSPS) is 25.9. The van der Waals surface area contributed by atoms with Crippen molar-refractivity contribution in [2.75, 3.05) is 13.7 Å². The van der Waals surface area contributed by atoms with Gasteiger partial charge in [0.15, 0.2) is 6.10 Å². The van der Waals surface area contributed by atoms with E-state index in [4.69, 9.17) is 18.9 Å². The molecule has 0 aliphatic heterocycles. The molecule has 6 atom stereocenters. The van der Waals surface area contributed by atoms with Crippen molar-refractivity contribution >= 4 is 23.9 Å². The van der Waals surface area contributed by atoms with Crippen LogP contribution < -0.4 is 0 Å². The Morgan fingerprint density at radius 1 is 1.00 bits per heavy atom. The van der Waals surface area contributed by atoms with Crippen LogP contribution in [-0.2, 0) is 38.1 Å². The lowest BCUT2D eigenvalue weighted by atomic mass is 9.68. The number of allylic oxidation sites excluding steroid dienone is 1. The van der Waals surface area contributed by atoms with Crippen molar-refractivity contribution in [3.8, 4) is 0 Å².